The molecule has 0 fully saturated rings. The highest BCUT2D eigenvalue weighted by molar-refractivity contribution is 6.04. The lowest BCUT2D eigenvalue weighted by atomic mass is 10.1. The van der Waals surface area contributed by atoms with E-state index in [1.165, 1.54) is 5.56 Å². The van der Waals surface area contributed by atoms with Crippen molar-refractivity contribution >= 4 is 23.2 Å². The number of hydrogen-bond donors (Lipinski definition) is 2. The summed E-state index contributed by atoms with van der Waals surface area (Å²) in [5.74, 6) is 0.202. The van der Waals surface area contributed by atoms with Gasteiger partial charge in [-0.15, -0.1) is 0 Å². The smallest absolute Gasteiger partial charge is 0.253 e. The molecule has 0 aliphatic rings. The molecule has 0 spiro atoms. The van der Waals surface area contributed by atoms with E-state index in [1.54, 1.807) is 42.7 Å². The molecule has 2 amide bonds. The van der Waals surface area contributed by atoms with Crippen LogP contribution in [-0.2, 0) is 11.3 Å². The second-order valence-corrected chi connectivity index (χ2v) is 7.41. The van der Waals surface area contributed by atoms with Gasteiger partial charge in [0.25, 0.3) is 5.91 Å². The lowest BCUT2D eigenvalue weighted by molar-refractivity contribution is -0.115. The highest BCUT2D eigenvalue weighted by atomic mass is 16.3. The molecule has 1 aromatic heterocycles. The monoisotopic (exact) mass is 405 g/mol. The molecule has 3 rings (SSSR count). The molecule has 6 nitrogen and oxygen atoms in total. The molecule has 156 valence electrons. The first-order valence-corrected chi connectivity index (χ1v) is 9.97. The molecule has 0 saturated carbocycles. The van der Waals surface area contributed by atoms with Crippen molar-refractivity contribution in [1.29, 1.82) is 0 Å². The molecular weight excluding hydrogens is 378 g/mol. The number of benzene rings is 2. The van der Waals surface area contributed by atoms with Gasteiger partial charge >= 0.3 is 0 Å². The second-order valence-electron chi connectivity index (χ2n) is 7.41. The summed E-state index contributed by atoms with van der Waals surface area (Å²) in [6.45, 7) is 6.59. The molecule has 3 aromatic rings. The van der Waals surface area contributed by atoms with Crippen molar-refractivity contribution in [3.05, 3.63) is 83.8 Å². The molecule has 2 aromatic carbocycles. The zero-order valence-corrected chi connectivity index (χ0v) is 17.5. The van der Waals surface area contributed by atoms with Crippen LogP contribution in [0.3, 0.4) is 0 Å². The van der Waals surface area contributed by atoms with Gasteiger partial charge in [0, 0.05) is 11.7 Å². The Morgan fingerprint density at radius 1 is 1.00 bits per heavy atom. The average molecular weight is 405 g/mol. The van der Waals surface area contributed by atoms with Gasteiger partial charge in [0.05, 0.1) is 30.6 Å². The molecule has 0 atom stereocenters. The fourth-order valence-corrected chi connectivity index (χ4v) is 3.12. The van der Waals surface area contributed by atoms with Crippen LogP contribution in [0.1, 0.15) is 35.5 Å². The van der Waals surface area contributed by atoms with Crippen molar-refractivity contribution in [3.63, 3.8) is 0 Å². The number of carbonyl (C=O) groups excluding carboxylic acids is 2. The van der Waals surface area contributed by atoms with E-state index in [9.17, 15) is 9.59 Å². The largest absolute Gasteiger partial charge is 0.467 e. The zero-order chi connectivity index (χ0) is 21.5. The molecule has 1 heterocycles. The van der Waals surface area contributed by atoms with Gasteiger partial charge in [0.15, 0.2) is 0 Å². The maximum Gasteiger partial charge on any atom is 0.253 e. The third-order valence-electron chi connectivity index (χ3n) is 4.75. The molecule has 0 aliphatic carbocycles. The minimum Gasteiger partial charge on any atom is -0.467 e. The van der Waals surface area contributed by atoms with Gasteiger partial charge in [0.1, 0.15) is 5.76 Å². The van der Waals surface area contributed by atoms with E-state index >= 15 is 0 Å². The number of carbonyl (C=O) groups is 2. The SMILES string of the molecule is Cc1ccc(N(CC(=O)Nc2ccccc2C(=O)NCc2ccco2)C(C)C)cc1. The zero-order valence-electron chi connectivity index (χ0n) is 17.5. The standard InChI is InChI=1S/C24H27N3O3/c1-17(2)27(19-12-10-18(3)11-13-19)16-23(28)26-22-9-5-4-8-21(22)24(29)25-15-20-7-6-14-30-20/h4-14,17H,15-16H2,1-3H3,(H,25,29)(H,26,28). The van der Waals surface area contributed by atoms with Gasteiger partial charge in [-0.25, -0.2) is 0 Å². The Kier molecular flexibility index (Phi) is 6.91. The molecule has 0 unspecified atom stereocenters. The van der Waals surface area contributed by atoms with E-state index in [0.29, 0.717) is 17.0 Å². The quantitative estimate of drug-likeness (QED) is 0.584. The Labute approximate surface area is 176 Å². The van der Waals surface area contributed by atoms with Gasteiger partial charge < -0.3 is 20.0 Å². The van der Waals surface area contributed by atoms with Crippen LogP contribution in [0.4, 0.5) is 11.4 Å². The Bertz CT molecular complexity index is 979. The third kappa shape index (κ3) is 5.50. The predicted octanol–water partition coefficient (Wildman–Crippen LogP) is 4.37. The van der Waals surface area contributed by atoms with Gasteiger partial charge in [-0.2, -0.15) is 0 Å². The minimum atomic E-state index is -0.276. The summed E-state index contributed by atoms with van der Waals surface area (Å²) in [5, 5.41) is 5.70. The number of furan rings is 1. The normalized spacial score (nSPS) is 10.7. The number of aryl methyl sites for hydroxylation is 1. The van der Waals surface area contributed by atoms with Crippen molar-refractivity contribution in [2.45, 2.75) is 33.4 Å². The molecule has 30 heavy (non-hydrogen) atoms. The maximum atomic E-state index is 12.8. The first-order valence-electron chi connectivity index (χ1n) is 9.97. The van der Waals surface area contributed by atoms with Gasteiger partial charge in [-0.05, 0) is 57.2 Å². The molecule has 6 heteroatoms. The number of amides is 2. The van der Waals surface area contributed by atoms with Crippen LogP contribution in [0.5, 0.6) is 0 Å². The Hall–Kier alpha value is -3.54. The molecule has 2 N–H and O–H groups in total. The summed E-state index contributed by atoms with van der Waals surface area (Å²) in [7, 11) is 0. The summed E-state index contributed by atoms with van der Waals surface area (Å²) in [6.07, 6.45) is 1.56. The van der Waals surface area contributed by atoms with Crippen LogP contribution in [0, 0.1) is 6.92 Å². The van der Waals surface area contributed by atoms with Gasteiger partial charge in [0.2, 0.25) is 5.91 Å². The number of nitrogens with zero attached hydrogens (tertiary/aromatic N) is 1. The highest BCUT2D eigenvalue weighted by Gasteiger charge is 2.17. The van der Waals surface area contributed by atoms with Crippen molar-refractivity contribution in [3.8, 4) is 0 Å². The molecular formula is C24H27N3O3. The van der Waals surface area contributed by atoms with Crippen molar-refractivity contribution in [1.82, 2.24) is 5.32 Å². The van der Waals surface area contributed by atoms with Gasteiger partial charge in [-0.1, -0.05) is 29.8 Å². The van der Waals surface area contributed by atoms with Gasteiger partial charge in [-0.3, -0.25) is 9.59 Å². The van der Waals surface area contributed by atoms with E-state index in [0.717, 1.165) is 5.69 Å². The summed E-state index contributed by atoms with van der Waals surface area (Å²) in [6, 6.07) is 18.8. The van der Waals surface area contributed by atoms with Crippen LogP contribution >= 0.6 is 0 Å². The molecule has 0 bridgehead atoms. The van der Waals surface area contributed by atoms with Crippen molar-refractivity contribution < 1.29 is 14.0 Å². The lowest BCUT2D eigenvalue weighted by Gasteiger charge is -2.28. The van der Waals surface area contributed by atoms with E-state index in [2.05, 4.69) is 10.6 Å². The summed E-state index contributed by atoms with van der Waals surface area (Å²) < 4.78 is 5.24. The number of para-hydroxylation sites is 1. The van der Waals surface area contributed by atoms with Crippen LogP contribution in [0.25, 0.3) is 0 Å². The second kappa shape index (κ2) is 9.78. The van der Waals surface area contributed by atoms with E-state index in [1.807, 2.05) is 49.9 Å². The molecule has 0 saturated heterocycles. The number of anilines is 2. The fourth-order valence-electron chi connectivity index (χ4n) is 3.12. The van der Waals surface area contributed by atoms with Crippen LogP contribution in [0.2, 0.25) is 0 Å². The van der Waals surface area contributed by atoms with Crippen molar-refractivity contribution in [2.24, 2.45) is 0 Å². The Morgan fingerprint density at radius 2 is 1.73 bits per heavy atom. The Balaban J connectivity index is 1.68. The maximum absolute atomic E-state index is 12.8. The van der Waals surface area contributed by atoms with Crippen LogP contribution < -0.4 is 15.5 Å². The fraction of sp³-hybridized carbons (Fsp3) is 0.250. The minimum absolute atomic E-state index is 0.144. The molecule has 0 radical (unpaired) electrons. The highest BCUT2D eigenvalue weighted by Crippen LogP contribution is 2.19. The summed E-state index contributed by atoms with van der Waals surface area (Å²) in [4.78, 5) is 27.4. The first-order chi connectivity index (χ1) is 14.4. The third-order valence-corrected chi connectivity index (χ3v) is 4.75. The first kappa shape index (κ1) is 21.2. The summed E-state index contributed by atoms with van der Waals surface area (Å²) >= 11 is 0. The Morgan fingerprint density at radius 3 is 2.40 bits per heavy atom. The molecule has 0 aliphatic heterocycles. The average Bonchev–Trinajstić information content (AvgIpc) is 3.25. The number of hydrogen-bond acceptors (Lipinski definition) is 4. The predicted molar refractivity (Wildman–Crippen MR) is 119 cm³/mol. The van der Waals surface area contributed by atoms with Crippen LogP contribution in [-0.4, -0.2) is 24.4 Å². The lowest BCUT2D eigenvalue weighted by Crippen LogP contribution is -2.38. The topological polar surface area (TPSA) is 74.6 Å². The van der Waals surface area contributed by atoms with Crippen LogP contribution in [0.15, 0.2) is 71.3 Å². The van der Waals surface area contributed by atoms with Crippen molar-refractivity contribution in [2.75, 3.05) is 16.8 Å². The van der Waals surface area contributed by atoms with E-state index in [-0.39, 0.29) is 30.9 Å². The van der Waals surface area contributed by atoms with E-state index < -0.39 is 0 Å². The number of rotatable bonds is 8. The van der Waals surface area contributed by atoms with E-state index in [4.69, 9.17) is 4.42 Å². The summed E-state index contributed by atoms with van der Waals surface area (Å²) in [5.41, 5.74) is 3.03. The number of nitrogens with one attached hydrogen (secondary N) is 2.